The van der Waals surface area contributed by atoms with Gasteiger partial charge in [-0.2, -0.15) is 13.2 Å². The molecule has 2 aromatic carbocycles. The molecule has 0 atom stereocenters. The lowest BCUT2D eigenvalue weighted by Crippen LogP contribution is -2.35. The summed E-state index contributed by atoms with van der Waals surface area (Å²) in [6.45, 7) is 1.70. The fourth-order valence-electron chi connectivity index (χ4n) is 3.90. The van der Waals surface area contributed by atoms with Crippen LogP contribution < -0.4 is 5.56 Å². The second-order valence-corrected chi connectivity index (χ2v) is 9.13. The summed E-state index contributed by atoms with van der Waals surface area (Å²) in [6.07, 6.45) is -2.08. The van der Waals surface area contributed by atoms with Crippen LogP contribution in [-0.4, -0.2) is 26.4 Å². The maximum atomic E-state index is 13.2. The molecule has 0 spiro atoms. The molecule has 1 N–H and O–H groups in total. The molecule has 10 heteroatoms. The summed E-state index contributed by atoms with van der Waals surface area (Å²) >= 11 is 1.52. The average molecular weight is 486 g/mol. The maximum absolute atomic E-state index is 13.2. The van der Waals surface area contributed by atoms with Crippen LogP contribution in [0, 0.1) is 5.82 Å². The van der Waals surface area contributed by atoms with Crippen LogP contribution in [0.2, 0.25) is 0 Å². The van der Waals surface area contributed by atoms with Gasteiger partial charge in [0.1, 0.15) is 16.6 Å². The maximum Gasteiger partial charge on any atom is 0.416 e. The lowest BCUT2D eigenvalue weighted by molar-refractivity contribution is -0.137. The molecule has 0 aliphatic carbocycles. The number of fused-ring (bicyclic) bond motifs is 1. The monoisotopic (exact) mass is 486 g/mol. The zero-order chi connectivity index (χ0) is 23.9. The summed E-state index contributed by atoms with van der Waals surface area (Å²) in [7, 11) is 0. The number of aromatic amines is 1. The van der Waals surface area contributed by atoms with Gasteiger partial charge in [-0.25, -0.2) is 14.4 Å². The number of aromatic nitrogens is 3. The summed E-state index contributed by atoms with van der Waals surface area (Å²) in [5, 5.41) is 0.799. The molecule has 34 heavy (non-hydrogen) atoms. The minimum absolute atomic E-state index is 0.261. The van der Waals surface area contributed by atoms with Crippen molar-refractivity contribution in [3.05, 3.63) is 92.6 Å². The Morgan fingerprint density at radius 1 is 1.03 bits per heavy atom. The molecule has 3 heterocycles. The molecule has 0 radical (unpaired) electrons. The molecule has 1 aliphatic heterocycles. The number of nitrogens with zero attached hydrogens (tertiary/aromatic N) is 3. The van der Waals surface area contributed by atoms with Gasteiger partial charge in [0.05, 0.1) is 16.8 Å². The Morgan fingerprint density at radius 3 is 2.44 bits per heavy atom. The average Bonchev–Trinajstić information content (AvgIpc) is 3.28. The van der Waals surface area contributed by atoms with Crippen LogP contribution in [0.1, 0.15) is 21.7 Å². The van der Waals surface area contributed by atoms with E-state index in [1.54, 1.807) is 18.3 Å². The van der Waals surface area contributed by atoms with Crippen molar-refractivity contribution in [3.63, 3.8) is 0 Å². The molecule has 5 rings (SSSR count). The van der Waals surface area contributed by atoms with E-state index in [1.807, 2.05) is 0 Å². The van der Waals surface area contributed by atoms with E-state index < -0.39 is 11.7 Å². The molecular weight excluding hydrogens is 468 g/mol. The highest BCUT2D eigenvalue weighted by Gasteiger charge is 2.30. The van der Waals surface area contributed by atoms with Gasteiger partial charge < -0.3 is 4.98 Å². The standard InChI is InChI=1S/C24H18F4N4OS/c25-17-7-3-15(4-8-17)23-29-11-18(34-23)12-32-10-9-20-19(13-32)22(33)31-21(30-20)14-1-5-16(6-2-14)24(26,27)28/h1-8,11H,9-10,12-13H2,(H,30,31,33). The first-order valence-corrected chi connectivity index (χ1v) is 11.3. The number of rotatable bonds is 4. The second kappa shape index (κ2) is 8.77. The fourth-order valence-corrected chi connectivity index (χ4v) is 4.86. The number of thiazole rings is 1. The van der Waals surface area contributed by atoms with Crippen LogP contribution in [0.4, 0.5) is 17.6 Å². The smallest absolute Gasteiger partial charge is 0.306 e. The molecule has 0 unspecified atom stereocenters. The fraction of sp³-hybridized carbons (Fsp3) is 0.208. The van der Waals surface area contributed by atoms with Gasteiger partial charge in [-0.1, -0.05) is 12.1 Å². The predicted octanol–water partition coefficient (Wildman–Crippen LogP) is 5.28. The third kappa shape index (κ3) is 4.64. The van der Waals surface area contributed by atoms with Crippen molar-refractivity contribution in [2.75, 3.05) is 6.54 Å². The highest BCUT2D eigenvalue weighted by atomic mass is 32.1. The van der Waals surface area contributed by atoms with Gasteiger partial charge in [-0.3, -0.25) is 9.69 Å². The van der Waals surface area contributed by atoms with E-state index in [9.17, 15) is 22.4 Å². The Bertz CT molecular complexity index is 1380. The van der Waals surface area contributed by atoms with Gasteiger partial charge in [-0.15, -0.1) is 11.3 Å². The van der Waals surface area contributed by atoms with Gasteiger partial charge in [0.2, 0.25) is 0 Å². The highest BCUT2D eigenvalue weighted by Crippen LogP contribution is 2.31. The molecule has 174 valence electrons. The molecule has 1 aliphatic rings. The van der Waals surface area contributed by atoms with Crippen molar-refractivity contribution in [1.29, 1.82) is 0 Å². The van der Waals surface area contributed by atoms with Crippen LogP contribution in [0.15, 0.2) is 59.5 Å². The van der Waals surface area contributed by atoms with E-state index in [4.69, 9.17) is 0 Å². The first-order chi connectivity index (χ1) is 16.3. The number of benzene rings is 2. The van der Waals surface area contributed by atoms with E-state index in [1.165, 1.54) is 35.6 Å². The van der Waals surface area contributed by atoms with E-state index >= 15 is 0 Å². The largest absolute Gasteiger partial charge is 0.416 e. The lowest BCUT2D eigenvalue weighted by atomic mass is 10.1. The van der Waals surface area contributed by atoms with E-state index in [2.05, 4.69) is 19.9 Å². The normalized spacial score (nSPS) is 14.2. The molecule has 4 aromatic rings. The SMILES string of the molecule is O=c1[nH]c(-c2ccc(C(F)(F)F)cc2)nc2c1CN(Cc1cnc(-c3ccc(F)cc3)s1)CC2. The van der Waals surface area contributed by atoms with Gasteiger partial charge in [-0.05, 0) is 36.4 Å². The van der Waals surface area contributed by atoms with Gasteiger partial charge in [0.15, 0.2) is 0 Å². The Balaban J connectivity index is 1.31. The lowest BCUT2D eigenvalue weighted by Gasteiger charge is -2.27. The Morgan fingerprint density at radius 2 is 1.74 bits per heavy atom. The van der Waals surface area contributed by atoms with Crippen molar-refractivity contribution < 1.29 is 17.6 Å². The quantitative estimate of drug-likeness (QED) is 0.399. The Hall–Kier alpha value is -3.37. The number of alkyl halides is 3. The van der Waals surface area contributed by atoms with Crippen LogP contribution in [0.3, 0.4) is 0 Å². The molecule has 0 amide bonds. The third-order valence-corrected chi connectivity index (χ3v) is 6.69. The molecular formula is C24H18F4N4OS. The molecule has 0 bridgehead atoms. The van der Waals surface area contributed by atoms with Crippen molar-refractivity contribution in [2.24, 2.45) is 0 Å². The zero-order valence-electron chi connectivity index (χ0n) is 17.7. The molecule has 0 saturated heterocycles. The van der Waals surface area contributed by atoms with Crippen molar-refractivity contribution in [1.82, 2.24) is 19.9 Å². The van der Waals surface area contributed by atoms with Gasteiger partial charge in [0, 0.05) is 48.3 Å². The van der Waals surface area contributed by atoms with E-state index in [-0.39, 0.29) is 17.2 Å². The van der Waals surface area contributed by atoms with E-state index in [0.717, 1.165) is 27.6 Å². The summed E-state index contributed by atoms with van der Waals surface area (Å²) in [4.78, 5) is 27.6. The van der Waals surface area contributed by atoms with Crippen molar-refractivity contribution >= 4 is 11.3 Å². The summed E-state index contributed by atoms with van der Waals surface area (Å²) in [5.41, 5.74) is 1.45. The van der Waals surface area contributed by atoms with Crippen LogP contribution >= 0.6 is 11.3 Å². The van der Waals surface area contributed by atoms with Crippen LogP contribution in [0.25, 0.3) is 22.0 Å². The molecule has 5 nitrogen and oxygen atoms in total. The van der Waals surface area contributed by atoms with Crippen molar-refractivity contribution in [3.8, 4) is 22.0 Å². The minimum atomic E-state index is -4.42. The molecule has 2 aromatic heterocycles. The van der Waals surface area contributed by atoms with Crippen LogP contribution in [0.5, 0.6) is 0 Å². The number of hydrogen-bond donors (Lipinski definition) is 1. The first-order valence-electron chi connectivity index (χ1n) is 10.5. The zero-order valence-corrected chi connectivity index (χ0v) is 18.5. The van der Waals surface area contributed by atoms with Gasteiger partial charge in [0.25, 0.3) is 5.56 Å². The van der Waals surface area contributed by atoms with Crippen molar-refractivity contribution in [2.45, 2.75) is 25.7 Å². The summed E-state index contributed by atoms with van der Waals surface area (Å²) < 4.78 is 51.6. The number of H-pyrrole nitrogens is 1. The predicted molar refractivity (Wildman–Crippen MR) is 121 cm³/mol. The van der Waals surface area contributed by atoms with Gasteiger partial charge >= 0.3 is 6.18 Å². The van der Waals surface area contributed by atoms with E-state index in [0.29, 0.717) is 42.9 Å². The Labute approximate surface area is 195 Å². The molecule has 0 saturated carbocycles. The first kappa shape index (κ1) is 22.4. The summed E-state index contributed by atoms with van der Waals surface area (Å²) in [6, 6.07) is 10.8. The topological polar surface area (TPSA) is 61.9 Å². The Kier molecular flexibility index (Phi) is 5.78. The number of halogens is 4. The van der Waals surface area contributed by atoms with Crippen LogP contribution in [-0.2, 0) is 25.7 Å². The number of hydrogen-bond acceptors (Lipinski definition) is 5. The second-order valence-electron chi connectivity index (χ2n) is 8.01. The summed E-state index contributed by atoms with van der Waals surface area (Å²) in [5.74, 6) is -0.0369. The highest BCUT2D eigenvalue weighted by molar-refractivity contribution is 7.15. The third-order valence-electron chi connectivity index (χ3n) is 5.66. The number of nitrogens with one attached hydrogen (secondary N) is 1. The minimum Gasteiger partial charge on any atom is -0.306 e. The molecule has 0 fully saturated rings.